The molecule has 3 aromatic carbocycles. The highest BCUT2D eigenvalue weighted by Crippen LogP contribution is 2.39. The number of anilines is 1. The number of thiazole rings is 1. The van der Waals surface area contributed by atoms with Crippen LogP contribution in [0.5, 0.6) is 0 Å². The van der Waals surface area contributed by atoms with Gasteiger partial charge in [0.25, 0.3) is 0 Å². The van der Waals surface area contributed by atoms with Crippen molar-refractivity contribution in [2.75, 3.05) is 5.01 Å². The minimum Gasteiger partial charge on any atom is -0.231 e. The molecule has 0 spiro atoms. The number of hydrazone groups is 1. The maximum absolute atomic E-state index is 5.15. The van der Waals surface area contributed by atoms with Gasteiger partial charge in [0.2, 0.25) is 5.13 Å². The molecule has 0 amide bonds. The van der Waals surface area contributed by atoms with E-state index in [1.165, 1.54) is 53.5 Å². The number of aryl methyl sites for hydroxylation is 3. The molecule has 0 N–H and O–H groups in total. The van der Waals surface area contributed by atoms with Gasteiger partial charge in [0.15, 0.2) is 0 Å². The lowest BCUT2D eigenvalue weighted by atomic mass is 9.89. The molecule has 0 saturated carbocycles. The van der Waals surface area contributed by atoms with Gasteiger partial charge in [-0.15, -0.1) is 11.3 Å². The van der Waals surface area contributed by atoms with Gasteiger partial charge in [-0.2, -0.15) is 5.10 Å². The largest absolute Gasteiger partial charge is 0.231 e. The van der Waals surface area contributed by atoms with E-state index in [0.717, 1.165) is 28.5 Å². The second kappa shape index (κ2) is 8.60. The second-order valence-electron chi connectivity index (χ2n) is 9.09. The Morgan fingerprint density at radius 1 is 0.848 bits per heavy atom. The Bertz CT molecular complexity index is 1300. The molecule has 1 aromatic heterocycles. The molecule has 0 bridgehead atoms. The van der Waals surface area contributed by atoms with E-state index in [9.17, 15) is 0 Å². The maximum atomic E-state index is 5.15. The van der Waals surface area contributed by atoms with Crippen LogP contribution in [0.3, 0.4) is 0 Å². The minimum absolute atomic E-state index is 0.161. The lowest BCUT2D eigenvalue weighted by Crippen LogP contribution is -2.18. The van der Waals surface area contributed by atoms with E-state index in [2.05, 4.69) is 90.1 Å². The molecule has 1 aliphatic carbocycles. The van der Waals surface area contributed by atoms with Crippen molar-refractivity contribution in [2.24, 2.45) is 5.10 Å². The van der Waals surface area contributed by atoms with Crippen LogP contribution in [0.25, 0.3) is 11.3 Å². The summed E-state index contributed by atoms with van der Waals surface area (Å²) in [7, 11) is 0. The Kier molecular flexibility index (Phi) is 5.31. The van der Waals surface area contributed by atoms with E-state index >= 15 is 0 Å². The second-order valence-corrected chi connectivity index (χ2v) is 9.93. The molecule has 3 nitrogen and oxygen atoms in total. The average Bonchev–Trinajstić information content (AvgIpc) is 3.53. The van der Waals surface area contributed by atoms with Crippen molar-refractivity contribution in [1.82, 2.24) is 4.98 Å². The van der Waals surface area contributed by atoms with Gasteiger partial charge in [-0.1, -0.05) is 72.3 Å². The molecule has 0 saturated heterocycles. The number of nitrogens with zero attached hydrogens (tertiary/aromatic N) is 3. The molecule has 1 aliphatic heterocycles. The van der Waals surface area contributed by atoms with Crippen molar-refractivity contribution in [2.45, 2.75) is 45.1 Å². The fourth-order valence-electron chi connectivity index (χ4n) is 4.94. The van der Waals surface area contributed by atoms with E-state index in [4.69, 9.17) is 10.1 Å². The highest BCUT2D eigenvalue weighted by atomic mass is 32.1. The Hall–Kier alpha value is -3.24. The van der Waals surface area contributed by atoms with Gasteiger partial charge in [0.1, 0.15) is 0 Å². The first-order chi connectivity index (χ1) is 16.2. The summed E-state index contributed by atoms with van der Waals surface area (Å²) >= 11 is 1.67. The number of fused-ring (bicyclic) bond motifs is 1. The van der Waals surface area contributed by atoms with Gasteiger partial charge >= 0.3 is 0 Å². The molecule has 1 atom stereocenters. The van der Waals surface area contributed by atoms with Crippen LogP contribution in [0.15, 0.2) is 83.3 Å². The molecule has 2 aliphatic rings. The predicted molar refractivity (Wildman–Crippen MR) is 138 cm³/mol. The smallest absolute Gasteiger partial charge is 0.207 e. The SMILES string of the molecule is Cc1ccc(-c2csc(N3N=C(c4ccc5c(c4)CCCC5)CC3c3ccccc3)n2)cc1. The third-order valence-corrected chi connectivity index (χ3v) is 7.64. The highest BCUT2D eigenvalue weighted by molar-refractivity contribution is 7.14. The standard InChI is InChI=1S/C29H27N3S/c1-20-11-13-22(14-12-20)27-19-33-29(30-27)32-28(23-8-3-2-4-9-23)18-26(31-32)25-16-15-21-7-5-6-10-24(21)17-25/h2-4,8-9,11-17,19,28H,5-7,10,18H2,1H3. The molecule has 164 valence electrons. The van der Waals surface area contributed by atoms with Crippen molar-refractivity contribution in [3.05, 3.63) is 106 Å². The molecule has 6 rings (SSSR count). The summed E-state index contributed by atoms with van der Waals surface area (Å²) in [6, 6.07) is 26.4. The zero-order chi connectivity index (χ0) is 22.2. The van der Waals surface area contributed by atoms with Gasteiger partial charge in [0, 0.05) is 17.4 Å². The summed E-state index contributed by atoms with van der Waals surface area (Å²) in [4.78, 5) is 5.00. The Morgan fingerprint density at radius 2 is 1.61 bits per heavy atom. The summed E-state index contributed by atoms with van der Waals surface area (Å²) in [6.07, 6.45) is 5.89. The Morgan fingerprint density at radius 3 is 2.42 bits per heavy atom. The quantitative estimate of drug-likeness (QED) is 0.326. The van der Waals surface area contributed by atoms with Crippen molar-refractivity contribution in [3.63, 3.8) is 0 Å². The minimum atomic E-state index is 0.161. The van der Waals surface area contributed by atoms with Gasteiger partial charge < -0.3 is 0 Å². The lowest BCUT2D eigenvalue weighted by molar-refractivity contribution is 0.685. The molecule has 4 aromatic rings. The Labute approximate surface area is 199 Å². The van der Waals surface area contributed by atoms with Crippen molar-refractivity contribution in [3.8, 4) is 11.3 Å². The van der Waals surface area contributed by atoms with Gasteiger partial charge in [-0.05, 0) is 60.9 Å². The van der Waals surface area contributed by atoms with Crippen LogP contribution in [-0.4, -0.2) is 10.7 Å². The predicted octanol–water partition coefficient (Wildman–Crippen LogP) is 7.35. The van der Waals surface area contributed by atoms with Crippen molar-refractivity contribution in [1.29, 1.82) is 0 Å². The number of hydrogen-bond donors (Lipinski definition) is 0. The van der Waals surface area contributed by atoms with Crippen LogP contribution < -0.4 is 5.01 Å². The number of aromatic nitrogens is 1. The third kappa shape index (κ3) is 4.00. The van der Waals surface area contributed by atoms with E-state index in [0.29, 0.717) is 0 Å². The van der Waals surface area contributed by atoms with Crippen LogP contribution in [-0.2, 0) is 12.8 Å². The van der Waals surface area contributed by atoms with Crippen molar-refractivity contribution < 1.29 is 0 Å². The number of benzene rings is 3. The highest BCUT2D eigenvalue weighted by Gasteiger charge is 2.32. The molecule has 33 heavy (non-hydrogen) atoms. The Balaban J connectivity index is 1.37. The van der Waals surface area contributed by atoms with E-state index in [-0.39, 0.29) is 6.04 Å². The zero-order valence-corrected chi connectivity index (χ0v) is 19.7. The lowest BCUT2D eigenvalue weighted by Gasteiger charge is -2.21. The molecule has 2 heterocycles. The first-order valence-electron chi connectivity index (χ1n) is 11.8. The first-order valence-corrected chi connectivity index (χ1v) is 12.7. The summed E-state index contributed by atoms with van der Waals surface area (Å²) in [6.45, 7) is 2.11. The van der Waals surface area contributed by atoms with E-state index < -0.39 is 0 Å². The fraction of sp³-hybridized carbons (Fsp3) is 0.241. The molecule has 0 fully saturated rings. The van der Waals surface area contributed by atoms with Crippen LogP contribution in [0.1, 0.15) is 53.1 Å². The number of hydrogen-bond acceptors (Lipinski definition) is 4. The molecule has 4 heteroatoms. The fourth-order valence-corrected chi connectivity index (χ4v) is 5.77. The zero-order valence-electron chi connectivity index (χ0n) is 18.9. The van der Waals surface area contributed by atoms with Gasteiger partial charge in [0.05, 0.1) is 17.4 Å². The normalized spacial score (nSPS) is 17.7. The average molecular weight is 450 g/mol. The van der Waals surface area contributed by atoms with Crippen molar-refractivity contribution >= 4 is 22.2 Å². The molecule has 0 radical (unpaired) electrons. The maximum Gasteiger partial charge on any atom is 0.207 e. The van der Waals surface area contributed by atoms with Gasteiger partial charge in [-0.25, -0.2) is 9.99 Å². The van der Waals surface area contributed by atoms with Crippen LogP contribution >= 0.6 is 11.3 Å². The molecular formula is C29H27N3S. The summed E-state index contributed by atoms with van der Waals surface area (Å²) < 4.78 is 0. The molecule has 1 unspecified atom stereocenters. The van der Waals surface area contributed by atoms with Crippen LogP contribution in [0.4, 0.5) is 5.13 Å². The van der Waals surface area contributed by atoms with Crippen LogP contribution in [0, 0.1) is 6.92 Å². The summed E-state index contributed by atoms with van der Waals surface area (Å²) in [5.41, 5.74) is 10.1. The van der Waals surface area contributed by atoms with Crippen LogP contribution in [0.2, 0.25) is 0 Å². The number of rotatable bonds is 4. The van der Waals surface area contributed by atoms with Gasteiger partial charge in [-0.3, -0.25) is 0 Å². The first kappa shape index (κ1) is 20.4. The summed E-state index contributed by atoms with van der Waals surface area (Å²) in [5, 5.41) is 10.4. The topological polar surface area (TPSA) is 28.5 Å². The summed E-state index contributed by atoms with van der Waals surface area (Å²) in [5.74, 6) is 0. The monoisotopic (exact) mass is 449 g/mol. The molecular weight excluding hydrogens is 422 g/mol. The third-order valence-electron chi connectivity index (χ3n) is 6.81. The van der Waals surface area contributed by atoms with E-state index in [1.54, 1.807) is 11.3 Å². The van der Waals surface area contributed by atoms with E-state index in [1.807, 2.05) is 0 Å².